The van der Waals surface area contributed by atoms with Crippen LogP contribution in [0.2, 0.25) is 0 Å². The molecule has 1 aromatic rings. The average Bonchev–Trinajstić information content (AvgIpc) is 2.39. The van der Waals surface area contributed by atoms with Crippen LogP contribution in [0, 0.1) is 17.8 Å². The van der Waals surface area contributed by atoms with Crippen molar-refractivity contribution in [2.24, 2.45) is 17.8 Å². The summed E-state index contributed by atoms with van der Waals surface area (Å²) in [5.41, 5.74) is 1.14. The first-order chi connectivity index (χ1) is 9.10. The van der Waals surface area contributed by atoms with Gasteiger partial charge in [-0.2, -0.15) is 0 Å². The fourth-order valence-electron chi connectivity index (χ4n) is 3.11. The van der Waals surface area contributed by atoms with Gasteiger partial charge in [-0.15, -0.1) is 0 Å². The van der Waals surface area contributed by atoms with Crippen LogP contribution in [0.3, 0.4) is 0 Å². The van der Waals surface area contributed by atoms with E-state index in [1.807, 2.05) is 6.08 Å². The minimum absolute atomic E-state index is 0.373. The molecule has 1 nitrogen and oxygen atoms in total. The Balaban J connectivity index is 2.06. The van der Waals surface area contributed by atoms with E-state index in [9.17, 15) is 0 Å². The molecule has 0 unspecified atom stereocenters. The third-order valence-corrected chi connectivity index (χ3v) is 4.36. The van der Waals surface area contributed by atoms with Crippen LogP contribution >= 0.6 is 0 Å². The lowest BCUT2D eigenvalue weighted by atomic mass is 9.75. The van der Waals surface area contributed by atoms with Crippen LogP contribution in [0.25, 0.3) is 6.08 Å². The van der Waals surface area contributed by atoms with Crippen molar-refractivity contribution in [1.29, 1.82) is 0 Å². The maximum atomic E-state index is 6.26. The van der Waals surface area contributed by atoms with Gasteiger partial charge < -0.3 is 4.74 Å². The number of ether oxygens (including phenoxy) is 1. The molecule has 2 rings (SSSR count). The SMILES string of the molecule is C=Cc1ccc(O[C@H]2C[C@H](C)CC[C@H]2C(C)C)cc1. The summed E-state index contributed by atoms with van der Waals surface area (Å²) in [6, 6.07) is 8.26. The van der Waals surface area contributed by atoms with E-state index in [2.05, 4.69) is 51.6 Å². The molecular weight excluding hydrogens is 232 g/mol. The van der Waals surface area contributed by atoms with E-state index in [4.69, 9.17) is 4.74 Å². The lowest BCUT2D eigenvalue weighted by Gasteiger charge is -2.37. The zero-order chi connectivity index (χ0) is 13.8. The van der Waals surface area contributed by atoms with Crippen LogP contribution < -0.4 is 4.74 Å². The van der Waals surface area contributed by atoms with Gasteiger partial charge in [0.05, 0.1) is 0 Å². The molecule has 0 amide bonds. The van der Waals surface area contributed by atoms with Gasteiger partial charge in [-0.3, -0.25) is 0 Å². The van der Waals surface area contributed by atoms with E-state index in [1.54, 1.807) is 0 Å². The van der Waals surface area contributed by atoms with Crippen molar-refractivity contribution in [2.75, 3.05) is 0 Å². The Hall–Kier alpha value is -1.24. The molecule has 0 aromatic heterocycles. The van der Waals surface area contributed by atoms with E-state index in [0.29, 0.717) is 17.9 Å². The second-order valence-electron chi connectivity index (χ2n) is 6.26. The van der Waals surface area contributed by atoms with Crippen LogP contribution in [0.4, 0.5) is 0 Å². The monoisotopic (exact) mass is 258 g/mol. The first-order valence-electron chi connectivity index (χ1n) is 7.49. The summed E-state index contributed by atoms with van der Waals surface area (Å²) in [7, 11) is 0. The van der Waals surface area contributed by atoms with Crippen molar-refractivity contribution in [3.05, 3.63) is 36.4 Å². The van der Waals surface area contributed by atoms with E-state index in [0.717, 1.165) is 17.2 Å². The maximum absolute atomic E-state index is 6.26. The second-order valence-corrected chi connectivity index (χ2v) is 6.26. The fraction of sp³-hybridized carbons (Fsp3) is 0.556. The van der Waals surface area contributed by atoms with Gasteiger partial charge in [-0.25, -0.2) is 0 Å². The van der Waals surface area contributed by atoms with Crippen molar-refractivity contribution >= 4 is 6.08 Å². The Kier molecular flexibility index (Phi) is 4.68. The van der Waals surface area contributed by atoms with E-state index < -0.39 is 0 Å². The quantitative estimate of drug-likeness (QED) is 0.724. The smallest absolute Gasteiger partial charge is 0.119 e. The number of hydrogen-bond donors (Lipinski definition) is 0. The van der Waals surface area contributed by atoms with Crippen LogP contribution in [0.5, 0.6) is 5.75 Å². The van der Waals surface area contributed by atoms with Gasteiger partial charge in [0.1, 0.15) is 11.9 Å². The first-order valence-corrected chi connectivity index (χ1v) is 7.49. The van der Waals surface area contributed by atoms with Gasteiger partial charge in [-0.05, 0) is 48.3 Å². The first kappa shape index (κ1) is 14.2. The number of hydrogen-bond acceptors (Lipinski definition) is 1. The molecule has 1 heteroatoms. The summed E-state index contributed by atoms with van der Waals surface area (Å²) in [6.45, 7) is 10.8. The topological polar surface area (TPSA) is 9.23 Å². The maximum Gasteiger partial charge on any atom is 0.119 e. The third-order valence-electron chi connectivity index (χ3n) is 4.36. The van der Waals surface area contributed by atoms with Gasteiger partial charge in [0, 0.05) is 0 Å². The van der Waals surface area contributed by atoms with Crippen molar-refractivity contribution < 1.29 is 4.74 Å². The van der Waals surface area contributed by atoms with E-state index >= 15 is 0 Å². The highest BCUT2D eigenvalue weighted by atomic mass is 16.5. The summed E-state index contributed by atoms with van der Waals surface area (Å²) in [5, 5.41) is 0. The predicted octanol–water partition coefficient (Wildman–Crippen LogP) is 5.17. The minimum atomic E-state index is 0.373. The molecule has 0 N–H and O–H groups in total. The van der Waals surface area contributed by atoms with E-state index in [1.165, 1.54) is 19.3 Å². The lowest BCUT2D eigenvalue weighted by molar-refractivity contribution is 0.0460. The van der Waals surface area contributed by atoms with Crippen molar-refractivity contribution in [1.82, 2.24) is 0 Å². The van der Waals surface area contributed by atoms with Gasteiger partial charge >= 0.3 is 0 Å². The normalized spacial score (nSPS) is 27.3. The molecule has 19 heavy (non-hydrogen) atoms. The molecule has 0 radical (unpaired) electrons. The summed E-state index contributed by atoms with van der Waals surface area (Å²) in [4.78, 5) is 0. The standard InChI is InChI=1S/C18H26O/c1-5-15-7-9-16(10-8-15)19-18-12-14(4)6-11-17(18)13(2)3/h5,7-10,13-14,17-18H,1,6,11-12H2,2-4H3/t14-,17+,18+/m1/s1. The molecule has 1 fully saturated rings. The van der Waals surface area contributed by atoms with Gasteiger partial charge in [0.15, 0.2) is 0 Å². The van der Waals surface area contributed by atoms with Crippen LogP contribution in [0.15, 0.2) is 30.8 Å². The predicted molar refractivity (Wildman–Crippen MR) is 82.3 cm³/mol. The lowest BCUT2D eigenvalue weighted by Crippen LogP contribution is -2.36. The van der Waals surface area contributed by atoms with Crippen molar-refractivity contribution in [3.8, 4) is 5.75 Å². The molecule has 1 aliphatic carbocycles. The highest BCUT2D eigenvalue weighted by molar-refractivity contribution is 5.48. The number of rotatable bonds is 4. The molecule has 3 atom stereocenters. The zero-order valence-corrected chi connectivity index (χ0v) is 12.4. The highest BCUT2D eigenvalue weighted by Gasteiger charge is 2.32. The average molecular weight is 258 g/mol. The molecule has 1 saturated carbocycles. The summed E-state index contributed by atoms with van der Waals surface area (Å²) in [5.74, 6) is 3.17. The minimum Gasteiger partial charge on any atom is -0.490 e. The molecule has 0 spiro atoms. The third kappa shape index (κ3) is 3.62. The van der Waals surface area contributed by atoms with Gasteiger partial charge in [0.2, 0.25) is 0 Å². The largest absolute Gasteiger partial charge is 0.490 e. The van der Waals surface area contributed by atoms with Gasteiger partial charge in [0.25, 0.3) is 0 Å². The Labute approximate surface area is 117 Å². The Bertz CT molecular complexity index is 404. The molecule has 104 valence electrons. The Morgan fingerprint density at radius 1 is 1.21 bits per heavy atom. The molecular formula is C18H26O. The second kappa shape index (κ2) is 6.27. The molecule has 0 heterocycles. The van der Waals surface area contributed by atoms with Crippen molar-refractivity contribution in [3.63, 3.8) is 0 Å². The zero-order valence-electron chi connectivity index (χ0n) is 12.4. The molecule has 0 saturated heterocycles. The molecule has 0 aliphatic heterocycles. The summed E-state index contributed by atoms with van der Waals surface area (Å²) < 4.78 is 6.26. The van der Waals surface area contributed by atoms with Crippen LogP contribution in [-0.4, -0.2) is 6.10 Å². The Morgan fingerprint density at radius 2 is 1.89 bits per heavy atom. The van der Waals surface area contributed by atoms with Crippen LogP contribution in [-0.2, 0) is 0 Å². The van der Waals surface area contributed by atoms with Crippen LogP contribution in [0.1, 0.15) is 45.6 Å². The van der Waals surface area contributed by atoms with Gasteiger partial charge in [-0.1, -0.05) is 52.0 Å². The van der Waals surface area contributed by atoms with E-state index in [-0.39, 0.29) is 0 Å². The molecule has 0 bridgehead atoms. The molecule has 1 aliphatic rings. The Morgan fingerprint density at radius 3 is 2.47 bits per heavy atom. The summed E-state index contributed by atoms with van der Waals surface area (Å²) in [6.07, 6.45) is 6.07. The fourth-order valence-corrected chi connectivity index (χ4v) is 3.11. The van der Waals surface area contributed by atoms with Crippen molar-refractivity contribution in [2.45, 2.75) is 46.1 Å². The summed E-state index contributed by atoms with van der Waals surface area (Å²) >= 11 is 0. The highest BCUT2D eigenvalue weighted by Crippen LogP contribution is 2.35. The number of benzene rings is 1. The molecule has 1 aromatic carbocycles.